The third kappa shape index (κ3) is 3.80. The van der Waals surface area contributed by atoms with Crippen molar-refractivity contribution in [2.45, 2.75) is 58.7 Å². The van der Waals surface area contributed by atoms with Gasteiger partial charge in [-0.1, -0.05) is 51.1 Å². The maximum Gasteiger partial charge on any atom is 0.247 e. The first-order valence-electron chi connectivity index (χ1n) is 10.5. The molecule has 3 rings (SSSR count). The first-order chi connectivity index (χ1) is 13.6. The molecule has 2 saturated carbocycles. The maximum absolute atomic E-state index is 12.7. The number of aliphatic hydroxyl groups is 2. The molecular weight excluding hydrogens is 368 g/mol. The summed E-state index contributed by atoms with van der Waals surface area (Å²) in [6.07, 6.45) is 1.65. The Morgan fingerprint density at radius 2 is 1.90 bits per heavy atom. The molecule has 0 heterocycles. The van der Waals surface area contributed by atoms with Crippen molar-refractivity contribution in [3.05, 3.63) is 35.9 Å². The summed E-state index contributed by atoms with van der Waals surface area (Å²) in [7, 11) is 1.66. The quantitative estimate of drug-likeness (QED) is 0.650. The van der Waals surface area contributed by atoms with E-state index in [0.717, 1.165) is 18.4 Å². The molecule has 0 radical (unpaired) electrons. The van der Waals surface area contributed by atoms with Gasteiger partial charge in [-0.05, 0) is 41.1 Å². The van der Waals surface area contributed by atoms with E-state index in [4.69, 9.17) is 0 Å². The monoisotopic (exact) mass is 402 g/mol. The number of nitrogens with one attached hydrogen (secondary N) is 1. The van der Waals surface area contributed by atoms with E-state index in [1.807, 2.05) is 30.3 Å². The van der Waals surface area contributed by atoms with Gasteiger partial charge in [-0.2, -0.15) is 0 Å². The molecule has 0 aromatic heterocycles. The number of carbonyl (C=O) groups excluding carboxylic acids is 2. The normalized spacial score (nSPS) is 30.8. The highest BCUT2D eigenvalue weighted by Gasteiger charge is 2.65. The Bertz CT molecular complexity index is 751. The summed E-state index contributed by atoms with van der Waals surface area (Å²) in [4.78, 5) is 26.9. The number of hydrogen-bond acceptors (Lipinski definition) is 4. The van der Waals surface area contributed by atoms with E-state index in [-0.39, 0.29) is 40.9 Å². The van der Waals surface area contributed by atoms with Gasteiger partial charge < -0.3 is 20.4 Å². The second kappa shape index (κ2) is 8.07. The van der Waals surface area contributed by atoms with Crippen LogP contribution in [-0.2, 0) is 16.1 Å². The van der Waals surface area contributed by atoms with Gasteiger partial charge >= 0.3 is 0 Å². The minimum Gasteiger partial charge on any atom is -0.394 e. The SMILES string of the molecule is CN(Cc1ccccc1)C(=O)[C@H](CO)NC(=O)CC1C2CCC(C)(C1O)C2(C)C. The van der Waals surface area contributed by atoms with Crippen LogP contribution in [0.2, 0.25) is 0 Å². The lowest BCUT2D eigenvalue weighted by Crippen LogP contribution is -2.50. The summed E-state index contributed by atoms with van der Waals surface area (Å²) >= 11 is 0. The fraction of sp³-hybridized carbons (Fsp3) is 0.652. The van der Waals surface area contributed by atoms with Gasteiger partial charge in [0.1, 0.15) is 6.04 Å². The molecule has 2 bridgehead atoms. The van der Waals surface area contributed by atoms with Crippen LogP contribution in [0.25, 0.3) is 0 Å². The average molecular weight is 403 g/mol. The second-order valence-corrected chi connectivity index (χ2v) is 9.58. The topological polar surface area (TPSA) is 89.9 Å². The lowest BCUT2D eigenvalue weighted by molar-refractivity contribution is -0.137. The molecule has 3 N–H and O–H groups in total. The molecule has 0 aliphatic heterocycles. The van der Waals surface area contributed by atoms with Crippen LogP contribution < -0.4 is 5.32 Å². The number of likely N-dealkylation sites (N-methyl/N-ethyl adjacent to an activating group) is 1. The first-order valence-corrected chi connectivity index (χ1v) is 10.5. The molecule has 2 aliphatic carbocycles. The molecule has 2 aliphatic rings. The molecule has 1 aromatic rings. The van der Waals surface area contributed by atoms with E-state index in [2.05, 4.69) is 26.1 Å². The minimum absolute atomic E-state index is 0.0144. The van der Waals surface area contributed by atoms with Crippen molar-refractivity contribution in [1.29, 1.82) is 0 Å². The first kappa shape index (κ1) is 21.8. The van der Waals surface area contributed by atoms with E-state index in [9.17, 15) is 19.8 Å². The maximum atomic E-state index is 12.7. The van der Waals surface area contributed by atoms with Gasteiger partial charge in [-0.3, -0.25) is 9.59 Å². The van der Waals surface area contributed by atoms with Crippen molar-refractivity contribution in [3.63, 3.8) is 0 Å². The number of amides is 2. The summed E-state index contributed by atoms with van der Waals surface area (Å²) in [6, 6.07) is 8.59. The molecule has 1 aromatic carbocycles. The molecule has 6 heteroatoms. The van der Waals surface area contributed by atoms with Crippen LogP contribution in [0.5, 0.6) is 0 Å². The third-order valence-electron chi connectivity index (χ3n) is 7.82. The fourth-order valence-electron chi connectivity index (χ4n) is 5.64. The van der Waals surface area contributed by atoms with Crippen molar-refractivity contribution in [2.24, 2.45) is 22.7 Å². The lowest BCUT2D eigenvalue weighted by Gasteiger charge is -2.37. The van der Waals surface area contributed by atoms with Crippen molar-refractivity contribution in [2.75, 3.05) is 13.7 Å². The molecule has 4 unspecified atom stereocenters. The largest absolute Gasteiger partial charge is 0.394 e. The molecule has 6 nitrogen and oxygen atoms in total. The number of benzene rings is 1. The Balaban J connectivity index is 1.59. The van der Waals surface area contributed by atoms with Crippen molar-refractivity contribution in [3.8, 4) is 0 Å². The number of hydrogen-bond donors (Lipinski definition) is 3. The van der Waals surface area contributed by atoms with Crippen LogP contribution in [0.3, 0.4) is 0 Å². The number of aliphatic hydroxyl groups excluding tert-OH is 2. The summed E-state index contributed by atoms with van der Waals surface area (Å²) in [5.74, 6) is -0.440. The highest BCUT2D eigenvalue weighted by molar-refractivity contribution is 5.87. The lowest BCUT2D eigenvalue weighted by atomic mass is 9.70. The summed E-state index contributed by atoms with van der Waals surface area (Å²) < 4.78 is 0. The Labute approximate surface area is 173 Å². The summed E-state index contributed by atoms with van der Waals surface area (Å²) in [5.41, 5.74) is 0.788. The van der Waals surface area contributed by atoms with Crippen LogP contribution in [0.15, 0.2) is 30.3 Å². The van der Waals surface area contributed by atoms with Gasteiger partial charge in [0.2, 0.25) is 11.8 Å². The highest BCUT2D eigenvalue weighted by atomic mass is 16.3. The van der Waals surface area contributed by atoms with E-state index in [0.29, 0.717) is 6.54 Å². The van der Waals surface area contributed by atoms with Crippen LogP contribution in [0, 0.1) is 22.7 Å². The van der Waals surface area contributed by atoms with Gasteiger partial charge in [-0.25, -0.2) is 0 Å². The minimum atomic E-state index is -0.976. The zero-order valence-corrected chi connectivity index (χ0v) is 17.9. The van der Waals surface area contributed by atoms with Gasteiger partial charge in [0.15, 0.2) is 0 Å². The standard InChI is InChI=1S/C23H34N2O4/c1-22(2)17-10-11-23(22,3)20(28)16(17)12-19(27)24-18(14-26)21(29)25(4)13-15-8-6-5-7-9-15/h5-9,16-18,20,26,28H,10-14H2,1-4H3,(H,24,27)/t16?,17?,18-,20?,23?/m0/s1. The van der Waals surface area contributed by atoms with Gasteiger partial charge in [0.05, 0.1) is 12.7 Å². The van der Waals surface area contributed by atoms with Crippen molar-refractivity contribution < 1.29 is 19.8 Å². The van der Waals surface area contributed by atoms with Gasteiger partial charge in [-0.15, -0.1) is 0 Å². The van der Waals surface area contributed by atoms with E-state index in [1.165, 1.54) is 4.90 Å². The molecule has 160 valence electrons. The zero-order chi connectivity index (χ0) is 21.4. The average Bonchev–Trinajstić information content (AvgIpc) is 3.00. The van der Waals surface area contributed by atoms with E-state index < -0.39 is 18.8 Å². The molecule has 2 fully saturated rings. The Morgan fingerprint density at radius 1 is 1.24 bits per heavy atom. The van der Waals surface area contributed by atoms with Crippen molar-refractivity contribution in [1.82, 2.24) is 10.2 Å². The fourth-order valence-corrected chi connectivity index (χ4v) is 5.64. The third-order valence-corrected chi connectivity index (χ3v) is 7.82. The molecule has 29 heavy (non-hydrogen) atoms. The smallest absolute Gasteiger partial charge is 0.247 e. The van der Waals surface area contributed by atoms with Gasteiger partial charge in [0, 0.05) is 20.0 Å². The molecule has 0 spiro atoms. The number of rotatable bonds is 7. The number of carbonyl (C=O) groups is 2. The van der Waals surface area contributed by atoms with Crippen LogP contribution in [0.4, 0.5) is 0 Å². The highest BCUT2D eigenvalue weighted by Crippen LogP contribution is 2.68. The van der Waals surface area contributed by atoms with E-state index in [1.54, 1.807) is 7.05 Å². The predicted octanol–water partition coefficient (Wildman–Crippen LogP) is 1.95. The van der Waals surface area contributed by atoms with Crippen LogP contribution in [-0.4, -0.2) is 52.7 Å². The molecule has 0 saturated heterocycles. The molecule has 2 amide bonds. The van der Waals surface area contributed by atoms with Crippen molar-refractivity contribution >= 4 is 11.8 Å². The summed E-state index contributed by atoms with van der Waals surface area (Å²) in [5, 5.41) is 23.3. The number of fused-ring (bicyclic) bond motifs is 2. The number of nitrogens with zero attached hydrogens (tertiary/aromatic N) is 1. The van der Waals surface area contributed by atoms with Crippen LogP contribution in [0.1, 0.15) is 45.6 Å². The predicted molar refractivity (Wildman–Crippen MR) is 111 cm³/mol. The zero-order valence-electron chi connectivity index (χ0n) is 17.9. The molecular formula is C23H34N2O4. The Morgan fingerprint density at radius 3 is 2.45 bits per heavy atom. The summed E-state index contributed by atoms with van der Waals surface area (Å²) in [6.45, 7) is 6.44. The Hall–Kier alpha value is -1.92. The second-order valence-electron chi connectivity index (χ2n) is 9.58. The Kier molecular flexibility index (Phi) is 6.06. The van der Waals surface area contributed by atoms with Gasteiger partial charge in [0.25, 0.3) is 0 Å². The van der Waals surface area contributed by atoms with E-state index >= 15 is 0 Å². The molecule has 5 atom stereocenters. The van der Waals surface area contributed by atoms with Crippen LogP contribution >= 0.6 is 0 Å².